The quantitative estimate of drug-likeness (QED) is 0.837. The number of ether oxygens (including phenoxy) is 1. The Balaban J connectivity index is 1.91. The molecule has 0 aliphatic heterocycles. The third-order valence-corrected chi connectivity index (χ3v) is 3.23. The van der Waals surface area contributed by atoms with E-state index in [1.165, 1.54) is 32.1 Å². The minimum atomic E-state index is 0.246. The maximum Gasteiger partial charge on any atom is 0.225 e. The monoisotopic (exact) mass is 236 g/mol. The molecular weight excluding hydrogens is 216 g/mol. The predicted molar refractivity (Wildman–Crippen MR) is 68.1 cm³/mol. The fourth-order valence-electron chi connectivity index (χ4n) is 2.28. The third-order valence-electron chi connectivity index (χ3n) is 3.23. The molecule has 0 spiro atoms. The second kappa shape index (κ2) is 5.70. The maximum atomic E-state index is 5.60. The normalized spacial score (nSPS) is 16.8. The van der Waals surface area contributed by atoms with Gasteiger partial charge in [-0.25, -0.2) is 0 Å². The summed E-state index contributed by atoms with van der Waals surface area (Å²) < 4.78 is 5.06. The van der Waals surface area contributed by atoms with E-state index in [0.29, 0.717) is 5.88 Å². The number of nitrogens with zero attached hydrogens (tertiary/aromatic N) is 2. The molecule has 3 N–H and O–H groups in total. The average molecular weight is 236 g/mol. The van der Waals surface area contributed by atoms with E-state index < -0.39 is 0 Å². The lowest BCUT2D eigenvalue weighted by molar-refractivity contribution is 0.373. The second-order valence-electron chi connectivity index (χ2n) is 4.54. The van der Waals surface area contributed by atoms with Gasteiger partial charge >= 0.3 is 0 Å². The van der Waals surface area contributed by atoms with Crippen LogP contribution in [0.4, 0.5) is 11.8 Å². The Labute approximate surface area is 102 Å². The van der Waals surface area contributed by atoms with Crippen LogP contribution < -0.4 is 15.8 Å². The Bertz CT molecular complexity index is 364. The van der Waals surface area contributed by atoms with Crippen molar-refractivity contribution in [1.82, 2.24) is 9.97 Å². The van der Waals surface area contributed by atoms with Crippen LogP contribution in [-0.4, -0.2) is 23.6 Å². The molecule has 0 atom stereocenters. The van der Waals surface area contributed by atoms with Crippen molar-refractivity contribution in [2.24, 2.45) is 5.92 Å². The zero-order chi connectivity index (χ0) is 12.1. The van der Waals surface area contributed by atoms with Gasteiger partial charge in [0.2, 0.25) is 11.8 Å². The third kappa shape index (κ3) is 3.47. The summed E-state index contributed by atoms with van der Waals surface area (Å²) in [5.41, 5.74) is 5.60. The van der Waals surface area contributed by atoms with E-state index in [4.69, 9.17) is 10.5 Å². The van der Waals surface area contributed by atoms with Gasteiger partial charge in [-0.05, 0) is 18.8 Å². The molecule has 0 bridgehead atoms. The number of nitrogens with one attached hydrogen (secondary N) is 1. The Kier molecular flexibility index (Phi) is 4.01. The highest BCUT2D eigenvalue weighted by atomic mass is 16.5. The van der Waals surface area contributed by atoms with E-state index >= 15 is 0 Å². The molecule has 0 saturated heterocycles. The summed E-state index contributed by atoms with van der Waals surface area (Å²) in [5, 5.41) is 3.32. The van der Waals surface area contributed by atoms with Crippen LogP contribution in [0, 0.1) is 5.92 Å². The molecule has 1 fully saturated rings. The largest absolute Gasteiger partial charge is 0.481 e. The minimum absolute atomic E-state index is 0.246. The summed E-state index contributed by atoms with van der Waals surface area (Å²) in [6.07, 6.45) is 6.70. The number of anilines is 2. The smallest absolute Gasteiger partial charge is 0.225 e. The van der Waals surface area contributed by atoms with Crippen LogP contribution in [0.1, 0.15) is 32.1 Å². The first-order valence-electron chi connectivity index (χ1n) is 6.20. The van der Waals surface area contributed by atoms with Gasteiger partial charge in [-0.3, -0.25) is 0 Å². The molecule has 0 aromatic carbocycles. The van der Waals surface area contributed by atoms with Crippen LogP contribution in [0.5, 0.6) is 5.88 Å². The summed E-state index contributed by atoms with van der Waals surface area (Å²) in [4.78, 5) is 8.09. The lowest BCUT2D eigenvalue weighted by Crippen LogP contribution is -2.18. The number of hydrogen-bond donors (Lipinski definition) is 2. The van der Waals surface area contributed by atoms with Crippen molar-refractivity contribution < 1.29 is 4.74 Å². The highest BCUT2D eigenvalue weighted by Gasteiger charge is 2.13. The average Bonchev–Trinajstić information content (AvgIpc) is 2.37. The summed E-state index contributed by atoms with van der Waals surface area (Å²) >= 11 is 0. The molecule has 0 unspecified atom stereocenters. The first kappa shape index (κ1) is 12.0. The van der Waals surface area contributed by atoms with Crippen LogP contribution in [0.3, 0.4) is 0 Å². The molecule has 0 amide bonds. The van der Waals surface area contributed by atoms with Gasteiger partial charge in [0, 0.05) is 12.6 Å². The number of rotatable bonds is 4. The van der Waals surface area contributed by atoms with E-state index in [2.05, 4.69) is 15.3 Å². The summed E-state index contributed by atoms with van der Waals surface area (Å²) in [6.45, 7) is 0.958. The lowest BCUT2D eigenvalue weighted by atomic mass is 9.89. The van der Waals surface area contributed by atoms with E-state index in [1.54, 1.807) is 13.2 Å². The van der Waals surface area contributed by atoms with Gasteiger partial charge in [0.1, 0.15) is 5.82 Å². The zero-order valence-corrected chi connectivity index (χ0v) is 10.3. The van der Waals surface area contributed by atoms with Crippen LogP contribution >= 0.6 is 0 Å². The molecule has 1 aliphatic carbocycles. The van der Waals surface area contributed by atoms with E-state index in [-0.39, 0.29) is 5.95 Å². The minimum Gasteiger partial charge on any atom is -0.481 e. The Morgan fingerprint density at radius 2 is 2.12 bits per heavy atom. The number of hydrogen-bond acceptors (Lipinski definition) is 5. The van der Waals surface area contributed by atoms with Crippen molar-refractivity contribution in [2.45, 2.75) is 32.1 Å². The Morgan fingerprint density at radius 1 is 1.35 bits per heavy atom. The van der Waals surface area contributed by atoms with Crippen molar-refractivity contribution in [3.05, 3.63) is 6.07 Å². The van der Waals surface area contributed by atoms with Crippen molar-refractivity contribution in [3.8, 4) is 5.88 Å². The first-order valence-corrected chi connectivity index (χ1v) is 6.20. The van der Waals surface area contributed by atoms with Gasteiger partial charge in [-0.2, -0.15) is 9.97 Å². The summed E-state index contributed by atoms with van der Waals surface area (Å²) in [7, 11) is 1.58. The van der Waals surface area contributed by atoms with Gasteiger partial charge < -0.3 is 15.8 Å². The molecule has 5 nitrogen and oxygen atoms in total. The topological polar surface area (TPSA) is 73.1 Å². The Morgan fingerprint density at radius 3 is 2.82 bits per heavy atom. The highest BCUT2D eigenvalue weighted by Crippen LogP contribution is 2.24. The number of methoxy groups -OCH3 is 1. The molecule has 1 saturated carbocycles. The van der Waals surface area contributed by atoms with Crippen molar-refractivity contribution >= 4 is 11.8 Å². The van der Waals surface area contributed by atoms with Gasteiger partial charge in [0.25, 0.3) is 0 Å². The van der Waals surface area contributed by atoms with E-state index in [9.17, 15) is 0 Å². The molecule has 5 heteroatoms. The standard InChI is InChI=1S/C12H20N4O/c1-17-11-7-10(15-12(13)16-11)14-8-9-5-3-2-4-6-9/h7,9H,2-6,8H2,1H3,(H3,13,14,15,16). The van der Waals surface area contributed by atoms with Gasteiger partial charge in [0.15, 0.2) is 0 Å². The zero-order valence-electron chi connectivity index (χ0n) is 10.3. The maximum absolute atomic E-state index is 5.60. The van der Waals surface area contributed by atoms with Crippen molar-refractivity contribution in [1.29, 1.82) is 0 Å². The van der Waals surface area contributed by atoms with Crippen LogP contribution in [0.25, 0.3) is 0 Å². The highest BCUT2D eigenvalue weighted by molar-refractivity contribution is 5.42. The molecule has 17 heavy (non-hydrogen) atoms. The molecule has 1 aromatic heterocycles. The fraction of sp³-hybridized carbons (Fsp3) is 0.667. The van der Waals surface area contributed by atoms with Crippen LogP contribution in [0.15, 0.2) is 6.07 Å². The first-order chi connectivity index (χ1) is 8.28. The molecule has 0 radical (unpaired) electrons. The van der Waals surface area contributed by atoms with Crippen LogP contribution in [0.2, 0.25) is 0 Å². The van der Waals surface area contributed by atoms with E-state index in [0.717, 1.165) is 18.3 Å². The number of nitrogen functional groups attached to an aromatic ring is 1. The molecule has 1 heterocycles. The molecule has 1 aliphatic rings. The van der Waals surface area contributed by atoms with Crippen LogP contribution in [-0.2, 0) is 0 Å². The van der Waals surface area contributed by atoms with Gasteiger partial charge in [-0.1, -0.05) is 19.3 Å². The van der Waals surface area contributed by atoms with E-state index in [1.807, 2.05) is 0 Å². The number of aromatic nitrogens is 2. The molecule has 1 aromatic rings. The fourth-order valence-corrected chi connectivity index (χ4v) is 2.28. The van der Waals surface area contributed by atoms with Gasteiger partial charge in [0.05, 0.1) is 7.11 Å². The summed E-state index contributed by atoms with van der Waals surface area (Å²) in [6, 6.07) is 1.78. The molecular formula is C12H20N4O. The molecule has 94 valence electrons. The predicted octanol–water partition coefficient (Wildman–Crippen LogP) is 2.06. The Hall–Kier alpha value is -1.52. The summed E-state index contributed by atoms with van der Waals surface area (Å²) in [5.74, 6) is 2.25. The van der Waals surface area contributed by atoms with Crippen molar-refractivity contribution in [3.63, 3.8) is 0 Å². The SMILES string of the molecule is COc1cc(NCC2CCCCC2)nc(N)n1. The molecule has 2 rings (SSSR count). The van der Waals surface area contributed by atoms with Crippen molar-refractivity contribution in [2.75, 3.05) is 24.7 Å². The van der Waals surface area contributed by atoms with Gasteiger partial charge in [-0.15, -0.1) is 0 Å². The lowest BCUT2D eigenvalue weighted by Gasteiger charge is -2.22. The number of nitrogens with two attached hydrogens (primary N) is 1. The second-order valence-corrected chi connectivity index (χ2v) is 4.54.